The third-order valence-electron chi connectivity index (χ3n) is 1.86. The van der Waals surface area contributed by atoms with Gasteiger partial charge in [-0.05, 0) is 20.8 Å². The molecule has 0 bridgehead atoms. The van der Waals surface area contributed by atoms with Gasteiger partial charge in [0.05, 0.1) is 6.20 Å². The number of nitrogens with zero attached hydrogens (tertiary/aromatic N) is 2. The van der Waals surface area contributed by atoms with E-state index in [4.69, 9.17) is 0 Å². The van der Waals surface area contributed by atoms with Gasteiger partial charge in [-0.25, -0.2) is 4.98 Å². The van der Waals surface area contributed by atoms with Crippen molar-refractivity contribution in [3.63, 3.8) is 0 Å². The van der Waals surface area contributed by atoms with E-state index in [1.165, 1.54) is 0 Å². The van der Waals surface area contributed by atoms with E-state index in [9.17, 15) is 4.79 Å². The lowest BCUT2D eigenvalue weighted by molar-refractivity contribution is 0.100. The molecule has 0 amide bonds. The van der Waals surface area contributed by atoms with E-state index in [1.54, 1.807) is 13.1 Å². The van der Waals surface area contributed by atoms with E-state index in [0.29, 0.717) is 11.7 Å². The topological polar surface area (TPSA) is 34.9 Å². The van der Waals surface area contributed by atoms with Crippen LogP contribution < -0.4 is 0 Å². The van der Waals surface area contributed by atoms with Gasteiger partial charge in [0.1, 0.15) is 11.5 Å². The van der Waals surface area contributed by atoms with Crippen LogP contribution in [0.25, 0.3) is 0 Å². The monoisotopic (exact) mass is 166 g/mol. The molecule has 0 aliphatic carbocycles. The summed E-state index contributed by atoms with van der Waals surface area (Å²) in [6.07, 6.45) is 1.64. The van der Waals surface area contributed by atoms with Crippen LogP contribution >= 0.6 is 0 Å². The second-order valence-corrected chi connectivity index (χ2v) is 3.21. The summed E-state index contributed by atoms with van der Waals surface area (Å²) in [6.45, 7) is 7.56. The normalized spacial score (nSPS) is 10.8. The third-order valence-corrected chi connectivity index (χ3v) is 1.86. The number of Topliss-reactive ketones (excluding diaryl/α,β-unsaturated/α-hetero) is 1. The molecule has 1 rings (SSSR count). The Morgan fingerprint density at radius 3 is 2.50 bits per heavy atom. The summed E-state index contributed by atoms with van der Waals surface area (Å²) >= 11 is 0. The average Bonchev–Trinajstić information content (AvgIpc) is 2.30. The number of rotatable bonds is 2. The van der Waals surface area contributed by atoms with Crippen LogP contribution in [0.1, 0.15) is 43.1 Å². The number of hydrogen-bond acceptors (Lipinski definition) is 2. The predicted octanol–water partition coefficient (Wildman–Crippen LogP) is 1.98. The second kappa shape index (κ2) is 3.09. The standard InChI is InChI=1S/C9H14N2O/c1-6(2)11-8(4)10-5-9(11)7(3)12/h5-6H,1-4H3. The summed E-state index contributed by atoms with van der Waals surface area (Å²) < 4.78 is 1.95. The van der Waals surface area contributed by atoms with Crippen molar-refractivity contribution in [2.24, 2.45) is 0 Å². The fraction of sp³-hybridized carbons (Fsp3) is 0.556. The molecule has 0 saturated heterocycles. The number of ketones is 1. The van der Waals surface area contributed by atoms with Crippen LogP contribution in [0.5, 0.6) is 0 Å². The molecule has 0 N–H and O–H groups in total. The first-order valence-corrected chi connectivity index (χ1v) is 4.08. The van der Waals surface area contributed by atoms with E-state index in [-0.39, 0.29) is 5.78 Å². The van der Waals surface area contributed by atoms with Gasteiger partial charge in [-0.3, -0.25) is 4.79 Å². The van der Waals surface area contributed by atoms with Crippen molar-refractivity contribution >= 4 is 5.78 Å². The summed E-state index contributed by atoms with van der Waals surface area (Å²) in [7, 11) is 0. The molecular weight excluding hydrogens is 152 g/mol. The van der Waals surface area contributed by atoms with Crippen LogP contribution in [-0.4, -0.2) is 15.3 Å². The molecule has 3 heteroatoms. The Kier molecular flexibility index (Phi) is 2.31. The maximum atomic E-state index is 11.1. The summed E-state index contributed by atoms with van der Waals surface area (Å²) in [5.74, 6) is 0.972. The van der Waals surface area contributed by atoms with Crippen LogP contribution in [0.4, 0.5) is 0 Å². The van der Waals surface area contributed by atoms with Crippen LogP contribution in [0.2, 0.25) is 0 Å². The first kappa shape index (κ1) is 8.97. The molecule has 0 saturated carbocycles. The first-order chi connectivity index (χ1) is 5.54. The van der Waals surface area contributed by atoms with Crippen LogP contribution in [-0.2, 0) is 0 Å². The van der Waals surface area contributed by atoms with Gasteiger partial charge < -0.3 is 4.57 Å². The minimum absolute atomic E-state index is 0.0734. The van der Waals surface area contributed by atoms with Gasteiger partial charge >= 0.3 is 0 Å². The molecule has 0 aliphatic heterocycles. The maximum Gasteiger partial charge on any atom is 0.177 e. The maximum absolute atomic E-state index is 11.1. The summed E-state index contributed by atoms with van der Waals surface area (Å²) in [6, 6.07) is 0.298. The number of aromatic nitrogens is 2. The van der Waals surface area contributed by atoms with Gasteiger partial charge in [-0.2, -0.15) is 0 Å². The molecule has 0 fully saturated rings. The van der Waals surface area contributed by atoms with Gasteiger partial charge in [0.2, 0.25) is 0 Å². The molecule has 1 aromatic heterocycles. The Morgan fingerprint density at radius 1 is 1.58 bits per heavy atom. The quantitative estimate of drug-likeness (QED) is 0.629. The summed E-state index contributed by atoms with van der Waals surface area (Å²) in [5, 5.41) is 0. The molecule has 0 aromatic carbocycles. The Morgan fingerprint density at radius 2 is 2.17 bits per heavy atom. The fourth-order valence-corrected chi connectivity index (χ4v) is 1.37. The highest BCUT2D eigenvalue weighted by Crippen LogP contribution is 2.12. The molecule has 12 heavy (non-hydrogen) atoms. The van der Waals surface area contributed by atoms with Crippen LogP contribution in [0.3, 0.4) is 0 Å². The molecular formula is C9H14N2O. The SMILES string of the molecule is CC(=O)c1cnc(C)n1C(C)C. The fourth-order valence-electron chi connectivity index (χ4n) is 1.37. The van der Waals surface area contributed by atoms with Gasteiger partial charge in [-0.15, -0.1) is 0 Å². The van der Waals surface area contributed by atoms with Crippen molar-refractivity contribution < 1.29 is 4.79 Å². The lowest BCUT2D eigenvalue weighted by Gasteiger charge is -2.11. The third kappa shape index (κ3) is 1.40. The zero-order chi connectivity index (χ0) is 9.30. The van der Waals surface area contributed by atoms with Crippen LogP contribution in [0, 0.1) is 6.92 Å². The first-order valence-electron chi connectivity index (χ1n) is 4.08. The van der Waals surface area contributed by atoms with Crippen molar-refractivity contribution in [2.75, 3.05) is 0 Å². The molecule has 0 radical (unpaired) electrons. The molecule has 1 heterocycles. The van der Waals surface area contributed by atoms with Gasteiger partial charge in [-0.1, -0.05) is 0 Å². The molecule has 3 nitrogen and oxygen atoms in total. The Hall–Kier alpha value is -1.12. The molecule has 0 atom stereocenters. The van der Waals surface area contributed by atoms with Gasteiger partial charge in [0.15, 0.2) is 5.78 Å². The van der Waals surface area contributed by atoms with E-state index in [0.717, 1.165) is 5.82 Å². The van der Waals surface area contributed by atoms with Crippen LogP contribution in [0.15, 0.2) is 6.20 Å². The molecule has 0 spiro atoms. The highest BCUT2D eigenvalue weighted by atomic mass is 16.1. The number of aryl methyl sites for hydroxylation is 1. The number of carbonyl (C=O) groups is 1. The zero-order valence-electron chi connectivity index (χ0n) is 7.96. The van der Waals surface area contributed by atoms with E-state index < -0.39 is 0 Å². The van der Waals surface area contributed by atoms with Gasteiger partial charge in [0.25, 0.3) is 0 Å². The molecule has 0 aliphatic rings. The lowest BCUT2D eigenvalue weighted by atomic mass is 10.3. The molecule has 1 aromatic rings. The van der Waals surface area contributed by atoms with E-state index in [1.807, 2.05) is 25.3 Å². The van der Waals surface area contributed by atoms with E-state index in [2.05, 4.69) is 4.98 Å². The molecule has 0 unspecified atom stereocenters. The number of carbonyl (C=O) groups excluding carboxylic acids is 1. The highest BCUT2D eigenvalue weighted by Gasteiger charge is 2.12. The molecule has 66 valence electrons. The van der Waals surface area contributed by atoms with Crippen molar-refractivity contribution in [1.82, 2.24) is 9.55 Å². The summed E-state index contributed by atoms with van der Waals surface area (Å²) in [5.41, 5.74) is 0.697. The predicted molar refractivity (Wildman–Crippen MR) is 47.4 cm³/mol. The average molecular weight is 166 g/mol. The van der Waals surface area contributed by atoms with Crippen molar-refractivity contribution in [1.29, 1.82) is 0 Å². The Labute approximate surface area is 72.4 Å². The largest absolute Gasteiger partial charge is 0.323 e. The second-order valence-electron chi connectivity index (χ2n) is 3.21. The Bertz CT molecular complexity index is 299. The van der Waals surface area contributed by atoms with Crippen molar-refractivity contribution in [2.45, 2.75) is 33.7 Å². The van der Waals surface area contributed by atoms with E-state index >= 15 is 0 Å². The summed E-state index contributed by atoms with van der Waals surface area (Å²) in [4.78, 5) is 15.2. The lowest BCUT2D eigenvalue weighted by Crippen LogP contribution is -2.10. The van der Waals surface area contributed by atoms with Gasteiger partial charge in [0, 0.05) is 13.0 Å². The van der Waals surface area contributed by atoms with Crippen molar-refractivity contribution in [3.8, 4) is 0 Å². The number of hydrogen-bond donors (Lipinski definition) is 0. The minimum atomic E-state index is 0.0734. The zero-order valence-corrected chi connectivity index (χ0v) is 7.96. The van der Waals surface area contributed by atoms with Crippen molar-refractivity contribution in [3.05, 3.63) is 17.7 Å². The number of imidazole rings is 1. The highest BCUT2D eigenvalue weighted by molar-refractivity contribution is 5.92. The minimum Gasteiger partial charge on any atom is -0.323 e. The Balaban J connectivity index is 3.21. The smallest absolute Gasteiger partial charge is 0.177 e.